The summed E-state index contributed by atoms with van der Waals surface area (Å²) in [5, 5.41) is 5.86. The number of carbonyl (C=O) groups excluding carboxylic acids is 4. The summed E-state index contributed by atoms with van der Waals surface area (Å²) < 4.78 is 5.49. The van der Waals surface area contributed by atoms with E-state index in [2.05, 4.69) is 15.6 Å². The van der Waals surface area contributed by atoms with Crippen molar-refractivity contribution in [2.24, 2.45) is 0 Å². The van der Waals surface area contributed by atoms with Crippen LogP contribution in [0.4, 0.5) is 21.1 Å². The summed E-state index contributed by atoms with van der Waals surface area (Å²) in [6, 6.07) is 16.6. The Hall–Kier alpha value is -4.93. The first-order valence-electron chi connectivity index (χ1n) is 14.9. The van der Waals surface area contributed by atoms with Crippen LogP contribution >= 0.6 is 0 Å². The fraction of sp³-hybridized carbons (Fsp3) is 0.382. The number of anilines is 2. The Morgan fingerprint density at radius 2 is 1.64 bits per heavy atom. The van der Waals surface area contributed by atoms with Crippen LogP contribution in [0.5, 0.6) is 0 Å². The molecule has 0 fully saturated rings. The highest BCUT2D eigenvalue weighted by molar-refractivity contribution is 6.06. The Morgan fingerprint density at radius 1 is 0.956 bits per heavy atom. The number of benzene rings is 2. The van der Waals surface area contributed by atoms with E-state index in [0.717, 1.165) is 27.8 Å². The number of hydrogen-bond acceptors (Lipinski definition) is 6. The van der Waals surface area contributed by atoms with Crippen molar-refractivity contribution in [1.29, 1.82) is 0 Å². The highest BCUT2D eigenvalue weighted by Crippen LogP contribution is 2.46. The van der Waals surface area contributed by atoms with E-state index in [-0.39, 0.29) is 37.5 Å². The van der Waals surface area contributed by atoms with Gasteiger partial charge < -0.3 is 30.1 Å². The van der Waals surface area contributed by atoms with Crippen molar-refractivity contribution < 1.29 is 23.9 Å². The third kappa shape index (κ3) is 6.77. The minimum Gasteiger partial charge on any atom is -0.444 e. The van der Waals surface area contributed by atoms with E-state index < -0.39 is 17.1 Å². The van der Waals surface area contributed by atoms with E-state index >= 15 is 0 Å². The number of carbonyl (C=O) groups is 4. The zero-order valence-electron chi connectivity index (χ0n) is 26.6. The molecule has 0 saturated carbocycles. The molecule has 0 radical (unpaired) electrons. The van der Waals surface area contributed by atoms with E-state index in [1.54, 1.807) is 27.3 Å². The lowest BCUT2D eigenvalue weighted by Crippen LogP contribution is -2.43. The van der Waals surface area contributed by atoms with E-state index in [4.69, 9.17) is 4.74 Å². The van der Waals surface area contributed by atoms with Crippen molar-refractivity contribution >= 4 is 35.4 Å². The maximum atomic E-state index is 13.3. The molecular weight excluding hydrogens is 572 g/mol. The molecule has 1 aliphatic heterocycles. The molecule has 11 heteroatoms. The van der Waals surface area contributed by atoms with Crippen LogP contribution in [-0.2, 0) is 45.7 Å². The van der Waals surface area contributed by atoms with E-state index in [0.29, 0.717) is 24.3 Å². The van der Waals surface area contributed by atoms with Gasteiger partial charge in [-0.2, -0.15) is 0 Å². The van der Waals surface area contributed by atoms with Crippen LogP contribution in [-0.4, -0.2) is 76.9 Å². The monoisotopic (exact) mass is 612 g/mol. The second-order valence-corrected chi connectivity index (χ2v) is 13.0. The topological polar surface area (TPSA) is 124 Å². The average molecular weight is 613 g/mol. The molecule has 5 rings (SSSR count). The molecule has 5 amide bonds. The van der Waals surface area contributed by atoms with Crippen LogP contribution in [0.2, 0.25) is 0 Å². The predicted octanol–water partition coefficient (Wildman–Crippen LogP) is 4.56. The third-order valence-electron chi connectivity index (χ3n) is 8.04. The third-order valence-corrected chi connectivity index (χ3v) is 8.04. The van der Waals surface area contributed by atoms with Crippen LogP contribution in [0.25, 0.3) is 0 Å². The minimum absolute atomic E-state index is 0.0617. The van der Waals surface area contributed by atoms with Gasteiger partial charge in [-0.15, -0.1) is 0 Å². The number of amides is 5. The lowest BCUT2D eigenvalue weighted by Gasteiger charge is -2.28. The molecule has 0 bridgehead atoms. The Bertz CT molecular complexity index is 1650. The molecule has 45 heavy (non-hydrogen) atoms. The second-order valence-electron chi connectivity index (χ2n) is 13.0. The number of hydrogen-bond donors (Lipinski definition) is 2. The van der Waals surface area contributed by atoms with Crippen LogP contribution in [0.15, 0.2) is 60.8 Å². The first-order chi connectivity index (χ1) is 21.3. The Labute approximate surface area is 263 Å². The lowest BCUT2D eigenvalue weighted by atomic mass is 9.79. The van der Waals surface area contributed by atoms with Gasteiger partial charge in [-0.1, -0.05) is 36.4 Å². The number of urea groups is 1. The molecule has 1 unspecified atom stereocenters. The Kier molecular flexibility index (Phi) is 8.55. The molecule has 236 valence electrons. The van der Waals surface area contributed by atoms with Gasteiger partial charge in [-0.25, -0.2) is 14.6 Å². The number of fused-ring (bicyclic) bond motifs is 3. The van der Waals surface area contributed by atoms with E-state index in [1.165, 1.54) is 14.7 Å². The number of nitrogens with zero attached hydrogens (tertiary/aromatic N) is 4. The minimum atomic E-state index is -0.700. The lowest BCUT2D eigenvalue weighted by molar-refractivity contribution is -0.120. The van der Waals surface area contributed by atoms with Crippen LogP contribution in [0, 0.1) is 0 Å². The maximum absolute atomic E-state index is 13.3. The molecule has 2 heterocycles. The van der Waals surface area contributed by atoms with E-state index in [1.807, 2.05) is 75.4 Å². The number of pyridine rings is 1. The molecular formula is C34H40N6O5. The number of ether oxygens (including phenoxy) is 1. The van der Waals surface area contributed by atoms with Gasteiger partial charge in [0.1, 0.15) is 18.0 Å². The van der Waals surface area contributed by atoms with E-state index in [9.17, 15) is 19.2 Å². The van der Waals surface area contributed by atoms with Gasteiger partial charge in [0.2, 0.25) is 11.8 Å². The van der Waals surface area contributed by atoms with Crippen molar-refractivity contribution in [1.82, 2.24) is 19.7 Å². The largest absolute Gasteiger partial charge is 0.444 e. The molecule has 1 aliphatic carbocycles. The van der Waals surface area contributed by atoms with Gasteiger partial charge in [-0.3, -0.25) is 9.59 Å². The zero-order chi connectivity index (χ0) is 32.5. The van der Waals surface area contributed by atoms with Gasteiger partial charge in [0.15, 0.2) is 0 Å². The first kappa shape index (κ1) is 31.5. The number of aromatic nitrogens is 1. The summed E-state index contributed by atoms with van der Waals surface area (Å²) in [7, 11) is 4.94. The molecule has 2 N–H and O–H groups in total. The number of rotatable bonds is 7. The Balaban J connectivity index is 1.28. The molecule has 1 aromatic heterocycles. The molecule has 1 spiro atoms. The summed E-state index contributed by atoms with van der Waals surface area (Å²) in [4.78, 5) is 60.9. The van der Waals surface area contributed by atoms with Crippen LogP contribution < -0.4 is 10.6 Å². The summed E-state index contributed by atoms with van der Waals surface area (Å²) in [6.07, 6.45) is 2.29. The van der Waals surface area contributed by atoms with Gasteiger partial charge in [0.05, 0.1) is 5.41 Å². The molecule has 0 saturated heterocycles. The fourth-order valence-electron chi connectivity index (χ4n) is 5.92. The maximum Gasteiger partial charge on any atom is 0.410 e. The molecule has 2 aliphatic rings. The van der Waals surface area contributed by atoms with Gasteiger partial charge >= 0.3 is 12.1 Å². The summed E-state index contributed by atoms with van der Waals surface area (Å²) in [6.45, 7) is 5.69. The van der Waals surface area contributed by atoms with Crippen molar-refractivity contribution in [3.63, 3.8) is 0 Å². The molecule has 2 aromatic carbocycles. The summed E-state index contributed by atoms with van der Waals surface area (Å²) in [5.41, 5.74) is 3.85. The van der Waals surface area contributed by atoms with Crippen molar-refractivity contribution in [2.45, 2.75) is 57.7 Å². The highest BCUT2D eigenvalue weighted by atomic mass is 16.6. The van der Waals surface area contributed by atoms with Gasteiger partial charge in [0, 0.05) is 51.7 Å². The highest BCUT2D eigenvalue weighted by Gasteiger charge is 2.51. The summed E-state index contributed by atoms with van der Waals surface area (Å²) in [5.74, 6) is 0.190. The quantitative estimate of drug-likeness (QED) is 0.403. The van der Waals surface area contributed by atoms with Crippen LogP contribution in [0.3, 0.4) is 0 Å². The fourth-order valence-corrected chi connectivity index (χ4v) is 5.92. The normalized spacial score (nSPS) is 16.4. The first-order valence-corrected chi connectivity index (χ1v) is 14.9. The molecule has 1 atom stereocenters. The number of nitrogens with one attached hydrogen (secondary N) is 2. The Morgan fingerprint density at radius 3 is 2.33 bits per heavy atom. The SMILES string of the molecule is CN(C)C(=O)N(CC(=O)Nc1ccc2c(c1)CC1(C2)C(=O)Nc2ncccc21)Cc1ccccc1CN(C)C(=O)OC(C)(C)C. The molecule has 3 aromatic rings. The predicted molar refractivity (Wildman–Crippen MR) is 171 cm³/mol. The average Bonchev–Trinajstić information content (AvgIpc) is 3.48. The standard InChI is InChI=1S/C34H40N6O5/c1-33(2,3)45-32(44)39(6)19-23-10-7-8-11-24(23)20-40(31(43)38(4)5)21-28(41)36-26-14-13-22-17-34(18-25(22)16-26)27-12-9-15-35-29(27)37-30(34)42/h7-16H,17-21H2,1-6H3,(H,36,41)(H,35,37,42). The van der Waals surface area contributed by atoms with Gasteiger partial charge in [0.25, 0.3) is 0 Å². The van der Waals surface area contributed by atoms with Crippen molar-refractivity contribution in [2.75, 3.05) is 38.3 Å². The smallest absolute Gasteiger partial charge is 0.410 e. The second kappa shape index (κ2) is 12.2. The van der Waals surface area contributed by atoms with Gasteiger partial charge in [-0.05, 0) is 74.1 Å². The van der Waals surface area contributed by atoms with Crippen molar-refractivity contribution in [3.8, 4) is 0 Å². The van der Waals surface area contributed by atoms with Crippen LogP contribution in [0.1, 0.15) is 48.6 Å². The van der Waals surface area contributed by atoms with Crippen molar-refractivity contribution in [3.05, 3.63) is 88.6 Å². The molecule has 11 nitrogen and oxygen atoms in total. The zero-order valence-corrected chi connectivity index (χ0v) is 26.6. The summed E-state index contributed by atoms with van der Waals surface area (Å²) >= 11 is 0.